The van der Waals surface area contributed by atoms with Gasteiger partial charge in [-0.25, -0.2) is 0 Å². The number of nitro groups is 1. The number of esters is 1. The Morgan fingerprint density at radius 2 is 2.03 bits per heavy atom. The van der Waals surface area contributed by atoms with Gasteiger partial charge in [-0.3, -0.25) is 19.9 Å². The first-order valence-corrected chi connectivity index (χ1v) is 11.8. The van der Waals surface area contributed by atoms with Gasteiger partial charge in [0.15, 0.2) is 5.11 Å². The van der Waals surface area contributed by atoms with Crippen LogP contribution in [0, 0.1) is 24.0 Å². The van der Waals surface area contributed by atoms with E-state index in [1.807, 2.05) is 47.6 Å². The van der Waals surface area contributed by atoms with Crippen LogP contribution in [-0.2, 0) is 9.53 Å². The molecule has 10 nitrogen and oxygen atoms in total. The van der Waals surface area contributed by atoms with Crippen LogP contribution in [-0.4, -0.2) is 50.7 Å². The smallest absolute Gasteiger partial charge is 0.325 e. The van der Waals surface area contributed by atoms with Gasteiger partial charge in [0, 0.05) is 29.7 Å². The standard InChI is InChI=1S/C25H27N5O5S/c1-5-35-22(31)14-28-24(23(27-25(28)36)19-8-6-7-11-26-19)18-12-15(2)29(16(18)3)20-13-17(30(32)33)9-10-21(20)34-4/h6-13,23-24H,5,14H2,1-4H3,(H,27,36)/t23-,24-/m1/s1. The van der Waals surface area contributed by atoms with Gasteiger partial charge >= 0.3 is 5.97 Å². The minimum atomic E-state index is -0.435. The molecule has 2 aromatic heterocycles. The van der Waals surface area contributed by atoms with Crippen molar-refractivity contribution in [3.05, 3.63) is 81.4 Å². The predicted octanol–water partition coefficient (Wildman–Crippen LogP) is 3.94. The van der Waals surface area contributed by atoms with Gasteiger partial charge in [-0.15, -0.1) is 0 Å². The molecular weight excluding hydrogens is 482 g/mol. The maximum Gasteiger partial charge on any atom is 0.325 e. The quantitative estimate of drug-likeness (QED) is 0.209. The topological polar surface area (TPSA) is 112 Å². The molecule has 0 radical (unpaired) electrons. The summed E-state index contributed by atoms with van der Waals surface area (Å²) in [5.41, 5.74) is 3.85. The maximum absolute atomic E-state index is 12.5. The van der Waals surface area contributed by atoms with E-state index in [0.29, 0.717) is 16.5 Å². The molecule has 1 N–H and O–H groups in total. The fourth-order valence-electron chi connectivity index (χ4n) is 4.68. The third-order valence-corrected chi connectivity index (χ3v) is 6.56. The van der Waals surface area contributed by atoms with Crippen molar-refractivity contribution in [2.24, 2.45) is 0 Å². The van der Waals surface area contributed by atoms with Gasteiger partial charge in [-0.2, -0.15) is 0 Å². The van der Waals surface area contributed by atoms with E-state index in [-0.39, 0.29) is 36.9 Å². The molecule has 2 atom stereocenters. The van der Waals surface area contributed by atoms with Crippen molar-refractivity contribution in [3.8, 4) is 11.4 Å². The van der Waals surface area contributed by atoms with Crippen LogP contribution in [0.5, 0.6) is 5.75 Å². The molecular formula is C25H27N5O5S. The van der Waals surface area contributed by atoms with Crippen molar-refractivity contribution in [1.82, 2.24) is 19.8 Å². The van der Waals surface area contributed by atoms with E-state index in [9.17, 15) is 14.9 Å². The Bertz CT molecular complexity index is 1310. The number of carbonyl (C=O) groups excluding carboxylic acids is 1. The lowest BCUT2D eigenvalue weighted by atomic mass is 9.97. The second kappa shape index (κ2) is 10.3. The molecule has 36 heavy (non-hydrogen) atoms. The number of aromatic nitrogens is 2. The summed E-state index contributed by atoms with van der Waals surface area (Å²) >= 11 is 5.64. The van der Waals surface area contributed by atoms with E-state index < -0.39 is 4.92 Å². The zero-order valence-electron chi connectivity index (χ0n) is 20.4. The van der Waals surface area contributed by atoms with Crippen molar-refractivity contribution in [3.63, 3.8) is 0 Å². The van der Waals surface area contributed by atoms with E-state index in [1.54, 1.807) is 19.2 Å². The molecule has 1 aliphatic rings. The van der Waals surface area contributed by atoms with Crippen molar-refractivity contribution < 1.29 is 19.2 Å². The Hall–Kier alpha value is -3.99. The number of pyridine rings is 1. The van der Waals surface area contributed by atoms with E-state index in [0.717, 1.165) is 22.6 Å². The number of hydrogen-bond donors (Lipinski definition) is 1. The Kier molecular flexibility index (Phi) is 7.20. The van der Waals surface area contributed by atoms with Crippen molar-refractivity contribution >= 4 is 29.0 Å². The Balaban J connectivity index is 1.86. The molecule has 1 saturated heterocycles. The third kappa shape index (κ3) is 4.61. The molecule has 11 heteroatoms. The molecule has 1 fully saturated rings. The van der Waals surface area contributed by atoms with Gasteiger partial charge in [0.2, 0.25) is 0 Å². The molecule has 3 heterocycles. The minimum absolute atomic E-state index is 0.0303. The average molecular weight is 510 g/mol. The first-order valence-electron chi connectivity index (χ1n) is 11.4. The number of nitro benzene ring substituents is 1. The molecule has 0 aliphatic carbocycles. The lowest BCUT2D eigenvalue weighted by molar-refractivity contribution is -0.384. The second-order valence-electron chi connectivity index (χ2n) is 8.33. The second-order valence-corrected chi connectivity index (χ2v) is 8.72. The number of methoxy groups -OCH3 is 1. The number of nitrogens with zero attached hydrogens (tertiary/aromatic N) is 4. The molecule has 0 unspecified atom stereocenters. The third-order valence-electron chi connectivity index (χ3n) is 6.21. The van der Waals surface area contributed by atoms with Crippen LogP contribution < -0.4 is 10.1 Å². The first kappa shape index (κ1) is 25.1. The van der Waals surface area contributed by atoms with Gasteiger partial charge < -0.3 is 24.3 Å². The fourth-order valence-corrected chi connectivity index (χ4v) is 4.99. The van der Waals surface area contributed by atoms with Crippen molar-refractivity contribution in [2.75, 3.05) is 20.3 Å². The number of nitrogens with one attached hydrogen (secondary N) is 1. The van der Waals surface area contributed by atoms with Crippen LogP contribution in [0.2, 0.25) is 0 Å². The van der Waals surface area contributed by atoms with Gasteiger partial charge in [-0.05, 0) is 62.8 Å². The zero-order chi connectivity index (χ0) is 26.0. The summed E-state index contributed by atoms with van der Waals surface area (Å²) < 4.78 is 12.6. The molecule has 0 amide bonds. The summed E-state index contributed by atoms with van der Waals surface area (Å²) in [5, 5.41) is 15.2. The zero-order valence-corrected chi connectivity index (χ0v) is 21.2. The maximum atomic E-state index is 12.5. The summed E-state index contributed by atoms with van der Waals surface area (Å²) in [6.07, 6.45) is 1.71. The molecule has 0 bridgehead atoms. The van der Waals surface area contributed by atoms with Crippen LogP contribution in [0.15, 0.2) is 48.7 Å². The van der Waals surface area contributed by atoms with Crippen molar-refractivity contribution in [1.29, 1.82) is 0 Å². The Morgan fingerprint density at radius 3 is 2.67 bits per heavy atom. The van der Waals surface area contributed by atoms with Crippen molar-refractivity contribution in [2.45, 2.75) is 32.9 Å². The van der Waals surface area contributed by atoms with Gasteiger partial charge in [-0.1, -0.05) is 6.07 Å². The highest BCUT2D eigenvalue weighted by Crippen LogP contribution is 2.42. The molecule has 1 aliphatic heterocycles. The Morgan fingerprint density at radius 1 is 1.25 bits per heavy atom. The highest BCUT2D eigenvalue weighted by molar-refractivity contribution is 7.80. The normalized spacial score (nSPS) is 17.1. The number of non-ortho nitro benzene ring substituents is 1. The predicted molar refractivity (Wildman–Crippen MR) is 137 cm³/mol. The minimum Gasteiger partial charge on any atom is -0.495 e. The van der Waals surface area contributed by atoms with Crippen LogP contribution in [0.1, 0.15) is 41.7 Å². The van der Waals surface area contributed by atoms with Gasteiger partial charge in [0.05, 0.1) is 42.1 Å². The Labute approximate surface area is 214 Å². The van der Waals surface area contributed by atoms with Crippen LogP contribution >= 0.6 is 12.2 Å². The first-order chi connectivity index (χ1) is 17.3. The fraction of sp³-hybridized carbons (Fsp3) is 0.320. The highest BCUT2D eigenvalue weighted by Gasteiger charge is 2.42. The highest BCUT2D eigenvalue weighted by atomic mass is 32.1. The summed E-state index contributed by atoms with van der Waals surface area (Å²) in [6, 6.07) is 11.4. The average Bonchev–Trinajstić information content (AvgIpc) is 3.33. The lowest BCUT2D eigenvalue weighted by Crippen LogP contribution is -2.35. The van der Waals surface area contributed by atoms with Gasteiger partial charge in [0.25, 0.3) is 5.69 Å². The molecule has 1 aromatic carbocycles. The number of rotatable bonds is 8. The number of benzene rings is 1. The largest absolute Gasteiger partial charge is 0.495 e. The van der Waals surface area contributed by atoms with Gasteiger partial charge in [0.1, 0.15) is 12.3 Å². The molecule has 3 aromatic rings. The summed E-state index contributed by atoms with van der Waals surface area (Å²) in [6.45, 7) is 5.84. The van der Waals surface area contributed by atoms with E-state index >= 15 is 0 Å². The van der Waals surface area contributed by atoms with Crippen LogP contribution in [0.4, 0.5) is 5.69 Å². The number of ether oxygens (including phenoxy) is 2. The van der Waals surface area contributed by atoms with E-state index in [2.05, 4.69) is 10.3 Å². The lowest BCUT2D eigenvalue weighted by Gasteiger charge is -2.27. The van der Waals surface area contributed by atoms with Crippen LogP contribution in [0.25, 0.3) is 5.69 Å². The number of carbonyl (C=O) groups is 1. The molecule has 4 rings (SSSR count). The monoisotopic (exact) mass is 509 g/mol. The van der Waals surface area contributed by atoms with Crippen LogP contribution in [0.3, 0.4) is 0 Å². The summed E-state index contributed by atoms with van der Waals surface area (Å²) in [7, 11) is 1.53. The molecule has 0 spiro atoms. The summed E-state index contributed by atoms with van der Waals surface area (Å²) in [5.74, 6) is 0.112. The number of aryl methyl sites for hydroxylation is 1. The SMILES string of the molecule is CCOC(=O)CN1C(=S)N[C@H](c2ccccn2)[C@H]1c1cc(C)n(-c2cc([N+](=O)[O-])ccc2OC)c1C. The van der Waals surface area contributed by atoms with E-state index in [4.69, 9.17) is 21.7 Å². The summed E-state index contributed by atoms with van der Waals surface area (Å²) in [4.78, 5) is 29.9. The van der Waals surface area contributed by atoms with E-state index in [1.165, 1.54) is 19.2 Å². The molecule has 188 valence electrons. The number of hydrogen-bond acceptors (Lipinski definition) is 7. The molecule has 0 saturated carbocycles. The number of thiocarbonyl (C=S) groups is 1.